The van der Waals surface area contributed by atoms with Gasteiger partial charge in [-0.2, -0.15) is 0 Å². The van der Waals surface area contributed by atoms with Gasteiger partial charge in [0.2, 0.25) is 5.91 Å². The van der Waals surface area contributed by atoms with Crippen molar-refractivity contribution in [1.29, 1.82) is 0 Å². The summed E-state index contributed by atoms with van der Waals surface area (Å²) in [7, 11) is 0. The number of benzene rings is 1. The molecule has 1 fully saturated rings. The number of primary amides is 1. The maximum absolute atomic E-state index is 13.7. The van der Waals surface area contributed by atoms with Crippen LogP contribution in [0.5, 0.6) is 0 Å². The van der Waals surface area contributed by atoms with Crippen molar-refractivity contribution in [2.24, 2.45) is 5.73 Å². The van der Waals surface area contributed by atoms with Crippen molar-refractivity contribution in [2.45, 2.75) is 31.7 Å². The lowest BCUT2D eigenvalue weighted by molar-refractivity contribution is -0.155. The summed E-state index contributed by atoms with van der Waals surface area (Å²) in [6, 6.07) is 10.4. The Morgan fingerprint density at radius 3 is 2.24 bits per heavy atom. The third-order valence-electron chi connectivity index (χ3n) is 5.32. The maximum atomic E-state index is 13.7. The van der Waals surface area contributed by atoms with Crippen LogP contribution in [0, 0.1) is 0 Å². The third-order valence-corrected chi connectivity index (χ3v) is 5.32. The van der Waals surface area contributed by atoms with Crippen LogP contribution in [0.1, 0.15) is 37.4 Å². The number of carbonyl (C=O) groups is 4. The second-order valence-electron chi connectivity index (χ2n) is 6.90. The highest BCUT2D eigenvalue weighted by atomic mass is 16.2. The largest absolute Gasteiger partial charge is 0.368 e. The van der Waals surface area contributed by atoms with Crippen LogP contribution >= 0.6 is 0 Å². The monoisotopic (exact) mass is 394 g/mol. The van der Waals surface area contributed by atoms with Crippen LogP contribution < -0.4 is 5.73 Å². The van der Waals surface area contributed by atoms with E-state index in [0.717, 1.165) is 9.80 Å². The standard InChI is InChI=1S/C21H22N4O4/c1-3-21(16-7-5-4-6-8-16)18(27)24(13-17(22)26)20(29)25(19(21)28)14(2)15-9-11-23-12-10-15/h4-12,14H,3,13H2,1-2H3,(H2,22,26). The minimum Gasteiger partial charge on any atom is -0.368 e. The number of rotatable bonds is 6. The molecule has 8 heteroatoms. The second-order valence-corrected chi connectivity index (χ2v) is 6.90. The molecular formula is C21H22N4O4. The molecule has 2 atom stereocenters. The first-order valence-electron chi connectivity index (χ1n) is 9.28. The van der Waals surface area contributed by atoms with Gasteiger partial charge in [-0.1, -0.05) is 37.3 Å². The predicted octanol–water partition coefficient (Wildman–Crippen LogP) is 1.77. The Balaban J connectivity index is 2.18. The minimum atomic E-state index is -1.62. The van der Waals surface area contributed by atoms with Crippen LogP contribution in [0.4, 0.5) is 4.79 Å². The number of hydrogen-bond acceptors (Lipinski definition) is 5. The fraction of sp³-hybridized carbons (Fsp3) is 0.286. The number of aromatic nitrogens is 1. The molecule has 1 aromatic heterocycles. The van der Waals surface area contributed by atoms with E-state index in [9.17, 15) is 19.2 Å². The zero-order valence-corrected chi connectivity index (χ0v) is 16.2. The number of nitrogens with zero attached hydrogens (tertiary/aromatic N) is 3. The van der Waals surface area contributed by atoms with Crippen LogP contribution in [0.2, 0.25) is 0 Å². The first kappa shape index (κ1) is 20.2. The van der Waals surface area contributed by atoms with Crippen LogP contribution in [-0.4, -0.2) is 45.1 Å². The number of imide groups is 2. The third kappa shape index (κ3) is 3.26. The van der Waals surface area contributed by atoms with Gasteiger partial charge in [0.15, 0.2) is 5.41 Å². The summed E-state index contributed by atoms with van der Waals surface area (Å²) in [6.07, 6.45) is 3.24. The SMILES string of the molecule is CCC1(c2ccccc2)C(=O)N(CC(N)=O)C(=O)N(C(C)c2ccncc2)C1=O. The molecular weight excluding hydrogens is 372 g/mol. The van der Waals surface area contributed by atoms with E-state index in [-0.39, 0.29) is 6.42 Å². The van der Waals surface area contributed by atoms with Gasteiger partial charge < -0.3 is 5.73 Å². The van der Waals surface area contributed by atoms with Gasteiger partial charge >= 0.3 is 6.03 Å². The molecule has 3 rings (SSSR count). The van der Waals surface area contributed by atoms with Crippen molar-refractivity contribution in [1.82, 2.24) is 14.8 Å². The van der Waals surface area contributed by atoms with E-state index in [1.807, 2.05) is 0 Å². The number of pyridine rings is 1. The van der Waals surface area contributed by atoms with E-state index < -0.39 is 41.8 Å². The van der Waals surface area contributed by atoms with Crippen molar-refractivity contribution < 1.29 is 19.2 Å². The molecule has 1 aliphatic heterocycles. The van der Waals surface area contributed by atoms with Gasteiger partial charge in [-0.3, -0.25) is 29.2 Å². The molecule has 29 heavy (non-hydrogen) atoms. The minimum absolute atomic E-state index is 0.122. The average molecular weight is 394 g/mol. The molecule has 2 heterocycles. The summed E-state index contributed by atoms with van der Waals surface area (Å²) in [5, 5.41) is 0. The van der Waals surface area contributed by atoms with Gasteiger partial charge in [0.25, 0.3) is 11.8 Å². The van der Waals surface area contributed by atoms with Gasteiger partial charge in [0.05, 0.1) is 6.04 Å². The lowest BCUT2D eigenvalue weighted by Crippen LogP contribution is -2.68. The number of carbonyl (C=O) groups excluding carboxylic acids is 4. The Labute approximate surface area is 168 Å². The zero-order valence-electron chi connectivity index (χ0n) is 16.2. The molecule has 8 nitrogen and oxygen atoms in total. The van der Waals surface area contributed by atoms with Crippen molar-refractivity contribution >= 4 is 23.8 Å². The molecule has 1 aliphatic rings. The van der Waals surface area contributed by atoms with Gasteiger partial charge in [0.1, 0.15) is 6.54 Å². The van der Waals surface area contributed by atoms with Crippen molar-refractivity contribution in [2.75, 3.05) is 6.54 Å². The van der Waals surface area contributed by atoms with E-state index in [1.165, 1.54) is 0 Å². The molecule has 150 valence electrons. The van der Waals surface area contributed by atoms with Gasteiger partial charge in [-0.25, -0.2) is 4.79 Å². The molecule has 0 bridgehead atoms. The Morgan fingerprint density at radius 2 is 1.69 bits per heavy atom. The van der Waals surface area contributed by atoms with Crippen molar-refractivity contribution in [3.8, 4) is 0 Å². The fourth-order valence-corrected chi connectivity index (χ4v) is 3.74. The summed E-state index contributed by atoms with van der Waals surface area (Å²) in [5.74, 6) is -2.19. The zero-order chi connectivity index (χ0) is 21.2. The summed E-state index contributed by atoms with van der Waals surface area (Å²) in [6.45, 7) is 2.80. The molecule has 1 saturated heterocycles. The quantitative estimate of drug-likeness (QED) is 0.750. The second kappa shape index (κ2) is 7.83. The van der Waals surface area contributed by atoms with E-state index in [2.05, 4.69) is 4.98 Å². The number of nitrogens with two attached hydrogens (primary N) is 1. The molecule has 0 radical (unpaired) electrons. The summed E-state index contributed by atoms with van der Waals surface area (Å²) >= 11 is 0. The molecule has 0 aliphatic carbocycles. The number of amides is 5. The Kier molecular flexibility index (Phi) is 5.45. The normalized spacial score (nSPS) is 20.7. The van der Waals surface area contributed by atoms with E-state index in [4.69, 9.17) is 5.73 Å². The van der Waals surface area contributed by atoms with Gasteiger partial charge in [-0.05, 0) is 36.6 Å². The first-order valence-corrected chi connectivity index (χ1v) is 9.28. The summed E-state index contributed by atoms with van der Waals surface area (Å²) in [5.41, 5.74) is 4.81. The summed E-state index contributed by atoms with van der Waals surface area (Å²) < 4.78 is 0. The maximum Gasteiger partial charge on any atom is 0.334 e. The van der Waals surface area contributed by atoms with E-state index in [1.54, 1.807) is 68.7 Å². The molecule has 5 amide bonds. The van der Waals surface area contributed by atoms with Crippen LogP contribution in [0.15, 0.2) is 54.9 Å². The predicted molar refractivity (Wildman–Crippen MR) is 104 cm³/mol. The van der Waals surface area contributed by atoms with E-state index >= 15 is 0 Å². The molecule has 0 spiro atoms. The molecule has 0 saturated carbocycles. The van der Waals surface area contributed by atoms with Crippen molar-refractivity contribution in [3.05, 3.63) is 66.0 Å². The average Bonchev–Trinajstić information content (AvgIpc) is 2.73. The summed E-state index contributed by atoms with van der Waals surface area (Å²) in [4.78, 5) is 57.5. The Bertz CT molecular complexity index is 948. The fourth-order valence-electron chi connectivity index (χ4n) is 3.74. The molecule has 2 unspecified atom stereocenters. The van der Waals surface area contributed by atoms with Crippen molar-refractivity contribution in [3.63, 3.8) is 0 Å². The highest BCUT2D eigenvalue weighted by Gasteiger charge is 2.58. The molecule has 2 N–H and O–H groups in total. The Morgan fingerprint density at radius 1 is 1.07 bits per heavy atom. The highest BCUT2D eigenvalue weighted by molar-refractivity contribution is 6.23. The smallest absolute Gasteiger partial charge is 0.334 e. The molecule has 2 aromatic rings. The first-order chi connectivity index (χ1) is 13.8. The van der Waals surface area contributed by atoms with Crippen LogP contribution in [0.3, 0.4) is 0 Å². The number of urea groups is 1. The molecule has 1 aromatic carbocycles. The highest BCUT2D eigenvalue weighted by Crippen LogP contribution is 2.39. The number of hydrogen-bond donors (Lipinski definition) is 1. The van der Waals surface area contributed by atoms with Gasteiger partial charge in [-0.15, -0.1) is 0 Å². The lowest BCUT2D eigenvalue weighted by atomic mass is 9.73. The topological polar surface area (TPSA) is 114 Å². The number of barbiturate groups is 1. The van der Waals surface area contributed by atoms with Gasteiger partial charge in [0, 0.05) is 12.4 Å². The Hall–Kier alpha value is -3.55. The van der Waals surface area contributed by atoms with E-state index in [0.29, 0.717) is 11.1 Å². The van der Waals surface area contributed by atoms with Crippen LogP contribution in [-0.2, 0) is 19.8 Å². The lowest BCUT2D eigenvalue weighted by Gasteiger charge is -2.45. The van der Waals surface area contributed by atoms with Crippen LogP contribution in [0.25, 0.3) is 0 Å².